The molecular formula is C15H28N2O2. The van der Waals surface area contributed by atoms with Crippen LogP contribution in [-0.2, 0) is 16.0 Å². The monoisotopic (exact) mass is 268 g/mol. The minimum atomic E-state index is 0.467. The third kappa shape index (κ3) is 6.23. The Hall–Kier alpha value is -0.840. The molecule has 0 aliphatic heterocycles. The highest BCUT2D eigenvalue weighted by Gasteiger charge is 2.08. The van der Waals surface area contributed by atoms with Crippen molar-refractivity contribution in [3.05, 3.63) is 24.0 Å². The second-order valence-electron chi connectivity index (χ2n) is 4.77. The SMILES string of the molecule is CCCC(NC)c1ccn(CCOCCCOC)c1. The largest absolute Gasteiger partial charge is 0.385 e. The predicted molar refractivity (Wildman–Crippen MR) is 78.5 cm³/mol. The average molecular weight is 268 g/mol. The molecular weight excluding hydrogens is 240 g/mol. The average Bonchev–Trinajstić information content (AvgIpc) is 2.88. The molecule has 1 N–H and O–H groups in total. The lowest BCUT2D eigenvalue weighted by atomic mass is 10.1. The van der Waals surface area contributed by atoms with E-state index in [9.17, 15) is 0 Å². The molecule has 0 aromatic carbocycles. The Balaban J connectivity index is 2.26. The summed E-state index contributed by atoms with van der Waals surface area (Å²) in [5.74, 6) is 0. The number of aromatic nitrogens is 1. The van der Waals surface area contributed by atoms with Gasteiger partial charge in [0.1, 0.15) is 0 Å². The first-order valence-corrected chi connectivity index (χ1v) is 7.21. The Labute approximate surface area is 117 Å². The van der Waals surface area contributed by atoms with Crippen molar-refractivity contribution in [1.29, 1.82) is 0 Å². The topological polar surface area (TPSA) is 35.4 Å². The van der Waals surface area contributed by atoms with Gasteiger partial charge in [0.15, 0.2) is 0 Å². The van der Waals surface area contributed by atoms with Gasteiger partial charge in [0.25, 0.3) is 0 Å². The highest BCUT2D eigenvalue weighted by molar-refractivity contribution is 5.15. The molecule has 1 aromatic rings. The van der Waals surface area contributed by atoms with Gasteiger partial charge >= 0.3 is 0 Å². The van der Waals surface area contributed by atoms with Gasteiger partial charge in [0.2, 0.25) is 0 Å². The lowest BCUT2D eigenvalue weighted by Gasteiger charge is -2.13. The van der Waals surface area contributed by atoms with Crippen molar-refractivity contribution < 1.29 is 9.47 Å². The fourth-order valence-electron chi connectivity index (χ4n) is 2.15. The second-order valence-corrected chi connectivity index (χ2v) is 4.77. The van der Waals surface area contributed by atoms with Crippen molar-refractivity contribution in [3.8, 4) is 0 Å². The van der Waals surface area contributed by atoms with Crippen LogP contribution in [-0.4, -0.2) is 38.5 Å². The Morgan fingerprint density at radius 3 is 2.84 bits per heavy atom. The summed E-state index contributed by atoms with van der Waals surface area (Å²) in [6, 6.07) is 2.66. The van der Waals surface area contributed by atoms with Crippen LogP contribution in [0, 0.1) is 0 Å². The molecule has 1 atom stereocenters. The molecule has 0 fully saturated rings. The Bertz CT molecular complexity index is 326. The van der Waals surface area contributed by atoms with Crippen molar-refractivity contribution in [2.24, 2.45) is 0 Å². The summed E-state index contributed by atoms with van der Waals surface area (Å²) in [4.78, 5) is 0. The number of rotatable bonds is 11. The number of nitrogens with one attached hydrogen (secondary N) is 1. The third-order valence-corrected chi connectivity index (χ3v) is 3.23. The molecule has 4 heteroatoms. The van der Waals surface area contributed by atoms with Gasteiger partial charge in [-0.25, -0.2) is 0 Å². The molecule has 19 heavy (non-hydrogen) atoms. The first kappa shape index (κ1) is 16.2. The molecule has 0 radical (unpaired) electrons. The van der Waals surface area contributed by atoms with E-state index >= 15 is 0 Å². The zero-order chi connectivity index (χ0) is 13.9. The fourth-order valence-corrected chi connectivity index (χ4v) is 2.15. The Morgan fingerprint density at radius 2 is 2.16 bits per heavy atom. The van der Waals surface area contributed by atoms with Gasteiger partial charge < -0.3 is 19.4 Å². The van der Waals surface area contributed by atoms with Crippen LogP contribution in [0.4, 0.5) is 0 Å². The van der Waals surface area contributed by atoms with Gasteiger partial charge in [-0.3, -0.25) is 0 Å². The quantitative estimate of drug-likeness (QED) is 0.627. The van der Waals surface area contributed by atoms with Crippen molar-refractivity contribution in [2.45, 2.75) is 38.8 Å². The molecule has 1 heterocycles. The second kappa shape index (κ2) is 10.0. The van der Waals surface area contributed by atoms with E-state index < -0.39 is 0 Å². The smallest absolute Gasteiger partial charge is 0.0645 e. The molecule has 0 spiro atoms. The van der Waals surface area contributed by atoms with Gasteiger partial charge in [0.05, 0.1) is 6.61 Å². The maximum atomic E-state index is 5.57. The maximum Gasteiger partial charge on any atom is 0.0645 e. The fraction of sp³-hybridized carbons (Fsp3) is 0.733. The highest BCUT2D eigenvalue weighted by Crippen LogP contribution is 2.18. The van der Waals surface area contributed by atoms with E-state index in [-0.39, 0.29) is 0 Å². The van der Waals surface area contributed by atoms with E-state index in [1.165, 1.54) is 18.4 Å². The number of nitrogens with zero attached hydrogens (tertiary/aromatic N) is 1. The van der Waals surface area contributed by atoms with Gasteiger partial charge in [-0.2, -0.15) is 0 Å². The van der Waals surface area contributed by atoms with Crippen LogP contribution in [0.3, 0.4) is 0 Å². The van der Waals surface area contributed by atoms with Crippen LogP contribution in [0.15, 0.2) is 18.5 Å². The van der Waals surface area contributed by atoms with Crippen molar-refractivity contribution in [1.82, 2.24) is 9.88 Å². The molecule has 4 nitrogen and oxygen atoms in total. The van der Waals surface area contributed by atoms with Crippen LogP contribution in [0.25, 0.3) is 0 Å². The predicted octanol–water partition coefficient (Wildman–Crippen LogP) is 2.60. The van der Waals surface area contributed by atoms with Crippen molar-refractivity contribution >= 4 is 0 Å². The Morgan fingerprint density at radius 1 is 1.32 bits per heavy atom. The summed E-state index contributed by atoms with van der Waals surface area (Å²) in [7, 11) is 3.74. The van der Waals surface area contributed by atoms with Gasteiger partial charge in [-0.05, 0) is 31.5 Å². The van der Waals surface area contributed by atoms with Gasteiger partial charge in [-0.15, -0.1) is 0 Å². The van der Waals surface area contributed by atoms with E-state index in [4.69, 9.17) is 9.47 Å². The van der Waals surface area contributed by atoms with E-state index in [0.717, 1.165) is 32.8 Å². The highest BCUT2D eigenvalue weighted by atomic mass is 16.5. The molecule has 1 rings (SSSR count). The maximum absolute atomic E-state index is 5.57. The van der Waals surface area contributed by atoms with Crippen molar-refractivity contribution in [3.63, 3.8) is 0 Å². The Kier molecular flexibility index (Phi) is 8.54. The normalized spacial score (nSPS) is 12.8. The number of hydrogen-bond acceptors (Lipinski definition) is 3. The van der Waals surface area contributed by atoms with Crippen LogP contribution in [0.1, 0.15) is 37.8 Å². The zero-order valence-corrected chi connectivity index (χ0v) is 12.5. The molecule has 0 saturated heterocycles. The van der Waals surface area contributed by atoms with Gasteiger partial charge in [0, 0.05) is 45.3 Å². The van der Waals surface area contributed by atoms with Crippen LogP contribution >= 0.6 is 0 Å². The number of hydrogen-bond donors (Lipinski definition) is 1. The summed E-state index contributed by atoms with van der Waals surface area (Å²) in [6.45, 7) is 5.44. The zero-order valence-electron chi connectivity index (χ0n) is 12.5. The number of ether oxygens (including phenoxy) is 2. The summed E-state index contributed by atoms with van der Waals surface area (Å²) in [5.41, 5.74) is 1.36. The lowest BCUT2D eigenvalue weighted by molar-refractivity contribution is 0.0977. The molecule has 1 aromatic heterocycles. The van der Waals surface area contributed by atoms with Crippen LogP contribution in [0.5, 0.6) is 0 Å². The minimum Gasteiger partial charge on any atom is -0.385 e. The summed E-state index contributed by atoms with van der Waals surface area (Å²) in [5, 5.41) is 3.36. The first-order valence-electron chi connectivity index (χ1n) is 7.21. The first-order chi connectivity index (χ1) is 9.31. The summed E-state index contributed by atoms with van der Waals surface area (Å²) >= 11 is 0. The molecule has 0 bridgehead atoms. The van der Waals surface area contributed by atoms with E-state index in [1.807, 2.05) is 7.05 Å². The van der Waals surface area contributed by atoms with E-state index in [2.05, 4.69) is 35.3 Å². The molecule has 0 saturated carbocycles. The third-order valence-electron chi connectivity index (χ3n) is 3.23. The van der Waals surface area contributed by atoms with Crippen molar-refractivity contribution in [2.75, 3.05) is 34.0 Å². The number of methoxy groups -OCH3 is 1. The van der Waals surface area contributed by atoms with Gasteiger partial charge in [-0.1, -0.05) is 13.3 Å². The van der Waals surface area contributed by atoms with Crippen LogP contribution in [0.2, 0.25) is 0 Å². The molecule has 1 unspecified atom stereocenters. The molecule has 0 aliphatic rings. The summed E-state index contributed by atoms with van der Waals surface area (Å²) < 4.78 is 12.7. The molecule has 0 aliphatic carbocycles. The minimum absolute atomic E-state index is 0.467. The lowest BCUT2D eigenvalue weighted by Crippen LogP contribution is -2.15. The van der Waals surface area contributed by atoms with Crippen LogP contribution < -0.4 is 5.32 Å². The molecule has 110 valence electrons. The standard InChI is InChI=1S/C15H28N2O2/c1-4-6-15(16-2)14-7-8-17(13-14)9-12-19-11-5-10-18-3/h7-8,13,15-16H,4-6,9-12H2,1-3H3. The van der Waals surface area contributed by atoms with E-state index in [0.29, 0.717) is 6.04 Å². The van der Waals surface area contributed by atoms with E-state index in [1.54, 1.807) is 7.11 Å². The molecule has 0 amide bonds. The summed E-state index contributed by atoms with van der Waals surface area (Å²) in [6.07, 6.45) is 7.68.